The molecule has 0 radical (unpaired) electrons. The molecule has 3 aromatic rings. The van der Waals surface area contributed by atoms with Crippen molar-refractivity contribution in [2.45, 2.75) is 26.3 Å². The van der Waals surface area contributed by atoms with Crippen LogP contribution in [0.5, 0.6) is 0 Å². The number of anilines is 2. The largest absolute Gasteiger partial charge is 0.299 e. The first-order valence-electron chi connectivity index (χ1n) is 9.66. The number of amides is 1. The maximum atomic E-state index is 13.1. The van der Waals surface area contributed by atoms with Gasteiger partial charge < -0.3 is 0 Å². The van der Waals surface area contributed by atoms with Crippen molar-refractivity contribution in [1.82, 2.24) is 10.2 Å². The van der Waals surface area contributed by atoms with E-state index in [1.54, 1.807) is 38.1 Å². The Morgan fingerprint density at radius 1 is 1.24 bits per heavy atom. The standard InChI is InChI=1S/C20H20ClN5O5S2/c1-4-16(25(33(3,30)31)17-11-15(26(28)29)10-5-12(17)2)18(27)22-20-24-23-19(32-20)13-6-8-14(21)9-7-13/h5-11,16H,4H2,1-3H3,(H,22,24,27). The average Bonchev–Trinajstić information content (AvgIpc) is 3.20. The zero-order valence-electron chi connectivity index (χ0n) is 17.9. The number of nitrogens with one attached hydrogen (secondary N) is 1. The van der Waals surface area contributed by atoms with Crippen LogP contribution >= 0.6 is 22.9 Å². The fourth-order valence-corrected chi connectivity index (χ4v) is 5.29. The van der Waals surface area contributed by atoms with Gasteiger partial charge in [0.2, 0.25) is 21.1 Å². The zero-order chi connectivity index (χ0) is 24.3. The van der Waals surface area contributed by atoms with Crippen LogP contribution in [0.15, 0.2) is 42.5 Å². The van der Waals surface area contributed by atoms with E-state index in [9.17, 15) is 23.3 Å². The normalized spacial score (nSPS) is 12.2. The number of hydrogen-bond acceptors (Lipinski definition) is 8. The number of nitro benzene ring substituents is 1. The van der Waals surface area contributed by atoms with Crippen molar-refractivity contribution in [3.05, 3.63) is 63.2 Å². The van der Waals surface area contributed by atoms with E-state index in [0.717, 1.165) is 33.5 Å². The molecule has 0 bridgehead atoms. The van der Waals surface area contributed by atoms with Crippen molar-refractivity contribution in [2.75, 3.05) is 15.9 Å². The van der Waals surface area contributed by atoms with Gasteiger partial charge in [-0.05, 0) is 31.0 Å². The summed E-state index contributed by atoms with van der Waals surface area (Å²) in [4.78, 5) is 23.7. The highest BCUT2D eigenvalue weighted by Gasteiger charge is 2.33. The highest BCUT2D eigenvalue weighted by molar-refractivity contribution is 7.92. The molecule has 1 aromatic heterocycles. The first kappa shape index (κ1) is 24.6. The molecule has 13 heteroatoms. The van der Waals surface area contributed by atoms with E-state index in [1.807, 2.05) is 0 Å². The Kier molecular flexibility index (Phi) is 7.30. The summed E-state index contributed by atoms with van der Waals surface area (Å²) in [5.41, 5.74) is 1.01. The second-order valence-electron chi connectivity index (χ2n) is 7.12. The third-order valence-corrected chi connectivity index (χ3v) is 7.02. The van der Waals surface area contributed by atoms with Gasteiger partial charge in [0.15, 0.2) is 0 Å². The number of hydrogen-bond donors (Lipinski definition) is 1. The number of rotatable bonds is 8. The molecule has 1 heterocycles. The van der Waals surface area contributed by atoms with Crippen LogP contribution in [-0.2, 0) is 14.8 Å². The Balaban J connectivity index is 1.92. The van der Waals surface area contributed by atoms with Gasteiger partial charge in [0.25, 0.3) is 5.69 Å². The Bertz CT molecular complexity index is 1290. The zero-order valence-corrected chi connectivity index (χ0v) is 20.2. The lowest BCUT2D eigenvalue weighted by Crippen LogP contribution is -2.47. The van der Waals surface area contributed by atoms with Crippen molar-refractivity contribution in [1.29, 1.82) is 0 Å². The highest BCUT2D eigenvalue weighted by atomic mass is 35.5. The molecule has 0 aliphatic heterocycles. The molecule has 1 amide bonds. The number of carbonyl (C=O) groups excluding carboxylic acids is 1. The van der Waals surface area contributed by atoms with Gasteiger partial charge in [-0.1, -0.05) is 48.1 Å². The highest BCUT2D eigenvalue weighted by Crippen LogP contribution is 2.31. The van der Waals surface area contributed by atoms with Crippen LogP contribution in [0.25, 0.3) is 10.6 Å². The van der Waals surface area contributed by atoms with E-state index in [-0.39, 0.29) is 22.9 Å². The van der Waals surface area contributed by atoms with Gasteiger partial charge in [-0.25, -0.2) is 8.42 Å². The van der Waals surface area contributed by atoms with Crippen LogP contribution in [0.3, 0.4) is 0 Å². The second-order valence-corrected chi connectivity index (χ2v) is 10.4. The third kappa shape index (κ3) is 5.64. The quantitative estimate of drug-likeness (QED) is 0.354. The molecular formula is C20H20ClN5O5S2. The van der Waals surface area contributed by atoms with Crippen LogP contribution in [0, 0.1) is 17.0 Å². The molecule has 1 N–H and O–H groups in total. The van der Waals surface area contributed by atoms with E-state index in [2.05, 4.69) is 15.5 Å². The molecule has 0 saturated carbocycles. The smallest absolute Gasteiger partial charge is 0.271 e. The molecule has 33 heavy (non-hydrogen) atoms. The van der Waals surface area contributed by atoms with Crippen LogP contribution in [0.2, 0.25) is 5.02 Å². The second kappa shape index (κ2) is 9.81. The van der Waals surface area contributed by atoms with Gasteiger partial charge in [0, 0.05) is 22.7 Å². The minimum atomic E-state index is -3.97. The van der Waals surface area contributed by atoms with E-state index in [1.165, 1.54) is 12.1 Å². The molecule has 174 valence electrons. The van der Waals surface area contributed by atoms with Gasteiger partial charge >= 0.3 is 0 Å². The third-order valence-electron chi connectivity index (χ3n) is 4.72. The Morgan fingerprint density at radius 2 is 1.91 bits per heavy atom. The van der Waals surface area contributed by atoms with Gasteiger partial charge in [-0.2, -0.15) is 0 Å². The molecule has 3 rings (SSSR count). The molecule has 10 nitrogen and oxygen atoms in total. The van der Waals surface area contributed by atoms with Crippen molar-refractivity contribution in [3.63, 3.8) is 0 Å². The topological polar surface area (TPSA) is 135 Å². The molecule has 0 aliphatic carbocycles. The number of nitrogens with zero attached hydrogens (tertiary/aromatic N) is 4. The van der Waals surface area contributed by atoms with Crippen LogP contribution < -0.4 is 9.62 Å². The number of nitro groups is 1. The summed E-state index contributed by atoms with van der Waals surface area (Å²) < 4.78 is 26.3. The first-order chi connectivity index (χ1) is 15.5. The Labute approximate surface area is 199 Å². The van der Waals surface area contributed by atoms with Gasteiger partial charge in [-0.3, -0.25) is 24.5 Å². The van der Waals surface area contributed by atoms with Crippen LogP contribution in [0.4, 0.5) is 16.5 Å². The minimum Gasteiger partial charge on any atom is -0.299 e. The molecule has 0 saturated heterocycles. The maximum absolute atomic E-state index is 13.1. The van der Waals surface area contributed by atoms with Gasteiger partial charge in [0.1, 0.15) is 11.0 Å². The summed E-state index contributed by atoms with van der Waals surface area (Å²) in [6.45, 7) is 3.26. The summed E-state index contributed by atoms with van der Waals surface area (Å²) >= 11 is 7.02. The summed E-state index contributed by atoms with van der Waals surface area (Å²) in [5.74, 6) is -0.632. The number of benzene rings is 2. The van der Waals surface area contributed by atoms with Gasteiger partial charge in [-0.15, -0.1) is 10.2 Å². The van der Waals surface area contributed by atoms with E-state index in [0.29, 0.717) is 15.6 Å². The van der Waals surface area contributed by atoms with Crippen molar-refractivity contribution in [3.8, 4) is 10.6 Å². The van der Waals surface area contributed by atoms with E-state index < -0.39 is 26.9 Å². The fraction of sp³-hybridized carbons (Fsp3) is 0.250. The lowest BCUT2D eigenvalue weighted by Gasteiger charge is -2.30. The van der Waals surface area contributed by atoms with Crippen LogP contribution in [0.1, 0.15) is 18.9 Å². The minimum absolute atomic E-state index is 0.0628. The molecule has 1 unspecified atom stereocenters. The molecular weight excluding hydrogens is 490 g/mol. The van der Waals surface area contributed by atoms with Gasteiger partial charge in [0.05, 0.1) is 16.9 Å². The average molecular weight is 510 g/mol. The van der Waals surface area contributed by atoms with Crippen molar-refractivity contribution >= 4 is 55.4 Å². The summed E-state index contributed by atoms with van der Waals surface area (Å²) in [7, 11) is -3.97. The number of aryl methyl sites for hydroxylation is 1. The number of non-ortho nitro benzene ring substituents is 1. The predicted octanol–water partition coefficient (Wildman–Crippen LogP) is 4.26. The lowest BCUT2D eigenvalue weighted by atomic mass is 10.1. The van der Waals surface area contributed by atoms with E-state index in [4.69, 9.17) is 11.6 Å². The number of carbonyl (C=O) groups is 1. The molecule has 2 aromatic carbocycles. The fourth-order valence-electron chi connectivity index (χ4n) is 3.16. The number of halogens is 1. The SMILES string of the molecule is CCC(C(=O)Nc1nnc(-c2ccc(Cl)cc2)s1)N(c1cc([N+](=O)[O-])ccc1C)S(C)(=O)=O. The number of sulfonamides is 1. The molecule has 0 fully saturated rings. The number of aromatic nitrogens is 2. The maximum Gasteiger partial charge on any atom is 0.271 e. The Hall–Kier alpha value is -3.09. The molecule has 0 aliphatic rings. The monoisotopic (exact) mass is 509 g/mol. The van der Waals surface area contributed by atoms with Crippen molar-refractivity contribution < 1.29 is 18.1 Å². The van der Waals surface area contributed by atoms with Crippen LogP contribution in [-0.4, -0.2) is 41.7 Å². The first-order valence-corrected chi connectivity index (χ1v) is 12.7. The molecule has 1 atom stereocenters. The Morgan fingerprint density at radius 3 is 2.48 bits per heavy atom. The van der Waals surface area contributed by atoms with Crippen molar-refractivity contribution in [2.24, 2.45) is 0 Å². The summed E-state index contributed by atoms with van der Waals surface area (Å²) in [5, 5.41) is 23.2. The summed E-state index contributed by atoms with van der Waals surface area (Å²) in [6.07, 6.45) is 1.06. The lowest BCUT2D eigenvalue weighted by molar-refractivity contribution is -0.384. The molecule has 0 spiro atoms. The predicted molar refractivity (Wildman–Crippen MR) is 128 cm³/mol. The van der Waals surface area contributed by atoms with E-state index >= 15 is 0 Å². The summed E-state index contributed by atoms with van der Waals surface area (Å²) in [6, 6.07) is 9.64.